The van der Waals surface area contributed by atoms with Gasteiger partial charge in [-0.05, 0) is 26.0 Å². The minimum Gasteiger partial charge on any atom is -0.327 e. The summed E-state index contributed by atoms with van der Waals surface area (Å²) < 4.78 is 59.4. The van der Waals surface area contributed by atoms with E-state index in [1.54, 1.807) is 42.3 Å². The Morgan fingerprint density at radius 2 is 1.83 bits per heavy atom. The van der Waals surface area contributed by atoms with Crippen LogP contribution in [0.2, 0.25) is 0 Å². The molecule has 3 aromatic rings. The number of morpholine rings is 1. The van der Waals surface area contributed by atoms with Crippen molar-refractivity contribution in [3.05, 3.63) is 41.0 Å². The second-order valence-corrected chi connectivity index (χ2v) is 10.2. The van der Waals surface area contributed by atoms with E-state index in [2.05, 4.69) is 25.1 Å². The van der Waals surface area contributed by atoms with Crippen LogP contribution in [0.4, 0.5) is 29.3 Å². The molecule has 2 aliphatic rings. The van der Waals surface area contributed by atoms with Gasteiger partial charge in [0.25, 0.3) is 5.91 Å². The predicted molar refractivity (Wildman–Crippen MR) is 123 cm³/mol. The Morgan fingerprint density at radius 1 is 1.11 bits per heavy atom. The minimum absolute atomic E-state index is 0.0149. The third-order valence-electron chi connectivity index (χ3n) is 6.16. The summed E-state index contributed by atoms with van der Waals surface area (Å²) in [6.07, 6.45) is -4.66. The number of carbonyl (C=O) groups is 1. The number of nitrogens with one attached hydrogen (secondary N) is 1. The predicted octanol–water partition coefficient (Wildman–Crippen LogP) is 3.89. The maximum Gasteiger partial charge on any atom is 0.372 e. The molecule has 1 amide bonds. The van der Waals surface area contributed by atoms with Gasteiger partial charge in [0.2, 0.25) is 5.95 Å². The number of rotatable bonds is 6. The van der Waals surface area contributed by atoms with Crippen molar-refractivity contribution in [1.29, 1.82) is 0 Å². The number of aryl methyl sites for hydroxylation is 1. The molecule has 3 aromatic heterocycles. The fourth-order valence-corrected chi connectivity index (χ4v) is 5.69. The number of aromatic nitrogens is 4. The lowest BCUT2D eigenvalue weighted by Crippen LogP contribution is -2.56. The number of hydrogen-bond acceptors (Lipinski definition) is 8. The van der Waals surface area contributed by atoms with Crippen molar-refractivity contribution in [2.24, 2.45) is 7.05 Å². The number of alkyl halides is 4. The van der Waals surface area contributed by atoms with E-state index >= 15 is 0 Å². The monoisotopic (exact) mass is 525 g/mol. The number of nitrogens with zero attached hydrogens (tertiary/aromatic N) is 6. The zero-order chi connectivity index (χ0) is 25.9. The summed E-state index contributed by atoms with van der Waals surface area (Å²) in [5.74, 6) is 0.797. The van der Waals surface area contributed by atoms with Gasteiger partial charge in [-0.3, -0.25) is 19.1 Å². The second-order valence-electron chi connectivity index (χ2n) is 9.19. The SMILES string of the molecule is Cn1nccc1Nc1nccc(-c2cc3c(s2)C(C)(C)N(CCN2CC(F)(F)OC(F)(F)C2)C3=O)n1. The lowest BCUT2D eigenvalue weighted by molar-refractivity contribution is -0.405. The summed E-state index contributed by atoms with van der Waals surface area (Å²) in [5, 5.41) is 7.18. The largest absolute Gasteiger partial charge is 0.372 e. The zero-order valence-corrected chi connectivity index (χ0v) is 20.5. The Bertz CT molecular complexity index is 1290. The van der Waals surface area contributed by atoms with Gasteiger partial charge in [0.15, 0.2) is 0 Å². The van der Waals surface area contributed by atoms with Crippen LogP contribution in [-0.4, -0.2) is 73.9 Å². The molecule has 0 spiro atoms. The average Bonchev–Trinajstić information content (AvgIpc) is 3.42. The molecule has 1 fully saturated rings. The molecule has 1 saturated heterocycles. The first-order chi connectivity index (χ1) is 16.8. The standard InChI is InChI=1S/C22H23F4N7O2S/c1-20(2)17-13(18(34)33(20)9-8-32-11-21(23,24)35-22(25,26)12-32)10-15(36-17)14-4-6-27-19(29-14)30-16-5-7-28-31(16)3/h4-7,10H,8-9,11-12H2,1-3H3,(H,27,29,30). The van der Waals surface area contributed by atoms with Crippen molar-refractivity contribution >= 4 is 29.0 Å². The molecule has 0 atom stereocenters. The fourth-order valence-electron chi connectivity index (χ4n) is 4.46. The number of hydrogen-bond donors (Lipinski definition) is 1. The van der Waals surface area contributed by atoms with Crippen LogP contribution in [0.5, 0.6) is 0 Å². The topological polar surface area (TPSA) is 88.4 Å². The second kappa shape index (κ2) is 8.49. The molecule has 9 nitrogen and oxygen atoms in total. The van der Waals surface area contributed by atoms with Crippen molar-refractivity contribution in [3.63, 3.8) is 0 Å². The smallest absolute Gasteiger partial charge is 0.327 e. The van der Waals surface area contributed by atoms with Gasteiger partial charge in [-0.25, -0.2) is 9.97 Å². The van der Waals surface area contributed by atoms with E-state index in [0.29, 0.717) is 23.0 Å². The van der Waals surface area contributed by atoms with Crippen LogP contribution in [0.15, 0.2) is 30.6 Å². The van der Waals surface area contributed by atoms with Crippen molar-refractivity contribution < 1.29 is 27.1 Å². The number of fused-ring (bicyclic) bond motifs is 1. The van der Waals surface area contributed by atoms with Crippen molar-refractivity contribution in [2.45, 2.75) is 31.6 Å². The number of ether oxygens (including phenoxy) is 1. The van der Waals surface area contributed by atoms with E-state index in [1.165, 1.54) is 16.2 Å². The van der Waals surface area contributed by atoms with Crippen LogP contribution in [0.1, 0.15) is 29.1 Å². The number of amides is 1. The first-order valence-electron chi connectivity index (χ1n) is 11.1. The van der Waals surface area contributed by atoms with E-state index in [9.17, 15) is 22.4 Å². The van der Waals surface area contributed by atoms with Crippen molar-refractivity contribution in [1.82, 2.24) is 29.5 Å². The number of halogens is 4. The van der Waals surface area contributed by atoms with Gasteiger partial charge in [-0.1, -0.05) is 0 Å². The highest BCUT2D eigenvalue weighted by atomic mass is 32.1. The van der Waals surface area contributed by atoms with E-state index in [4.69, 9.17) is 0 Å². The van der Waals surface area contributed by atoms with Crippen LogP contribution in [0.25, 0.3) is 10.6 Å². The van der Waals surface area contributed by atoms with Crippen LogP contribution in [-0.2, 0) is 17.3 Å². The summed E-state index contributed by atoms with van der Waals surface area (Å²) in [6, 6.07) is 5.27. The molecule has 5 rings (SSSR count). The molecule has 36 heavy (non-hydrogen) atoms. The molecule has 192 valence electrons. The Labute approximate surface area is 207 Å². The van der Waals surface area contributed by atoms with Gasteiger partial charge in [0.05, 0.1) is 41.0 Å². The molecule has 0 aromatic carbocycles. The maximum absolute atomic E-state index is 13.6. The van der Waals surface area contributed by atoms with Gasteiger partial charge < -0.3 is 10.2 Å². The normalized spacial score (nSPS) is 20.5. The summed E-state index contributed by atoms with van der Waals surface area (Å²) in [7, 11) is 1.78. The molecular formula is C22H23F4N7O2S. The van der Waals surface area contributed by atoms with Gasteiger partial charge >= 0.3 is 12.2 Å². The molecule has 2 aliphatic heterocycles. The highest BCUT2D eigenvalue weighted by molar-refractivity contribution is 7.16. The Balaban J connectivity index is 1.32. The summed E-state index contributed by atoms with van der Waals surface area (Å²) in [5.41, 5.74) is 0.356. The quantitative estimate of drug-likeness (QED) is 0.489. The van der Waals surface area contributed by atoms with Crippen LogP contribution in [0, 0.1) is 0 Å². The van der Waals surface area contributed by atoms with Crippen LogP contribution < -0.4 is 5.32 Å². The number of thiophene rings is 1. The first-order valence-corrected chi connectivity index (χ1v) is 11.9. The van der Waals surface area contributed by atoms with E-state index in [1.807, 2.05) is 13.8 Å². The molecule has 1 N–H and O–H groups in total. The molecule has 0 unspecified atom stereocenters. The van der Waals surface area contributed by atoms with Gasteiger partial charge in [-0.2, -0.15) is 22.7 Å². The molecule has 0 aliphatic carbocycles. The summed E-state index contributed by atoms with van der Waals surface area (Å²) in [4.78, 5) is 26.0. The highest BCUT2D eigenvalue weighted by Crippen LogP contribution is 2.46. The number of carbonyl (C=O) groups excluding carboxylic acids is 1. The van der Waals surface area contributed by atoms with E-state index in [-0.39, 0.29) is 19.0 Å². The highest BCUT2D eigenvalue weighted by Gasteiger charge is 2.52. The van der Waals surface area contributed by atoms with Gasteiger partial charge in [0, 0.05) is 37.3 Å². The molecule has 0 radical (unpaired) electrons. The number of anilines is 2. The Morgan fingerprint density at radius 3 is 2.47 bits per heavy atom. The third kappa shape index (κ3) is 4.55. The van der Waals surface area contributed by atoms with Crippen molar-refractivity contribution in [3.8, 4) is 10.6 Å². The molecule has 0 bridgehead atoms. The first kappa shape index (κ1) is 24.6. The third-order valence-corrected chi connectivity index (χ3v) is 7.63. The van der Waals surface area contributed by atoms with Crippen LogP contribution in [0.3, 0.4) is 0 Å². The maximum atomic E-state index is 13.6. The summed E-state index contributed by atoms with van der Waals surface area (Å²) >= 11 is 1.40. The van der Waals surface area contributed by atoms with Crippen LogP contribution >= 0.6 is 11.3 Å². The van der Waals surface area contributed by atoms with E-state index < -0.39 is 30.8 Å². The zero-order valence-electron chi connectivity index (χ0n) is 19.6. The Kier molecular flexibility index (Phi) is 5.80. The molecular weight excluding hydrogens is 502 g/mol. The minimum atomic E-state index is -3.96. The molecule has 14 heteroatoms. The average molecular weight is 526 g/mol. The van der Waals surface area contributed by atoms with E-state index in [0.717, 1.165) is 14.7 Å². The molecule has 0 saturated carbocycles. The van der Waals surface area contributed by atoms with Crippen molar-refractivity contribution in [2.75, 3.05) is 31.5 Å². The summed E-state index contributed by atoms with van der Waals surface area (Å²) in [6.45, 7) is 1.64. The van der Waals surface area contributed by atoms with Gasteiger partial charge in [0.1, 0.15) is 5.82 Å². The molecule has 5 heterocycles. The lowest BCUT2D eigenvalue weighted by Gasteiger charge is -2.39. The fraction of sp³-hybridized carbons (Fsp3) is 0.455. The lowest BCUT2D eigenvalue weighted by atomic mass is 10.0. The Hall–Kier alpha value is -3.10. The van der Waals surface area contributed by atoms with Gasteiger partial charge in [-0.15, -0.1) is 11.3 Å².